The molecule has 0 aliphatic rings. The molecule has 0 saturated heterocycles. The molecule has 1 aromatic carbocycles. The van der Waals surface area contributed by atoms with Crippen LogP contribution in [-0.2, 0) is 11.3 Å². The first-order chi connectivity index (χ1) is 15.0. The number of aliphatic hydroxyl groups is 1. The summed E-state index contributed by atoms with van der Waals surface area (Å²) < 4.78 is 15.7. The van der Waals surface area contributed by atoms with E-state index in [1.54, 1.807) is 10.7 Å². The number of amides is 2. The molecule has 2 aromatic rings. The van der Waals surface area contributed by atoms with Crippen molar-refractivity contribution in [3.63, 3.8) is 0 Å². The number of halogens is 1. The molecular weight excluding hydrogens is 411 g/mol. The van der Waals surface area contributed by atoms with Gasteiger partial charge in [-0.3, -0.25) is 14.3 Å². The Morgan fingerprint density at radius 1 is 1.25 bits per heavy atom. The maximum atomic E-state index is 14.0. The predicted octanol–water partition coefficient (Wildman–Crippen LogP) is 3.56. The van der Waals surface area contributed by atoms with Crippen molar-refractivity contribution in [3.8, 4) is 0 Å². The minimum absolute atomic E-state index is 0.0336. The van der Waals surface area contributed by atoms with Crippen LogP contribution in [0.2, 0.25) is 0 Å². The van der Waals surface area contributed by atoms with Crippen LogP contribution in [0.4, 0.5) is 4.39 Å². The van der Waals surface area contributed by atoms with Gasteiger partial charge in [0.1, 0.15) is 11.9 Å². The van der Waals surface area contributed by atoms with Crippen LogP contribution >= 0.6 is 0 Å². The zero-order valence-electron chi connectivity index (χ0n) is 19.5. The molecule has 176 valence electrons. The maximum absolute atomic E-state index is 14.0. The van der Waals surface area contributed by atoms with Gasteiger partial charge >= 0.3 is 0 Å². The van der Waals surface area contributed by atoms with Crippen molar-refractivity contribution < 1.29 is 19.1 Å². The normalized spacial score (nSPS) is 12.6. The number of allylic oxidation sites excluding steroid dienone is 1. The minimum Gasteiger partial charge on any atom is -0.396 e. The lowest BCUT2D eigenvalue weighted by Gasteiger charge is -2.30. The number of aromatic nitrogens is 2. The topological polar surface area (TPSA) is 96.2 Å². The summed E-state index contributed by atoms with van der Waals surface area (Å²) in [5.74, 6) is -1.32. The Kier molecular flexibility index (Phi) is 8.95. The van der Waals surface area contributed by atoms with Crippen molar-refractivity contribution in [1.82, 2.24) is 20.4 Å². The standard InChI is InChI=1S/C24H35FN4O3/c1-16(2)9-6-7-13-29-19-11-10-17(25)15-18(19)20(28-29)22(31)27-21(24(3,4)5)23(32)26-12-8-14-30/h10-11,15,21,30H,1,6-9,12-14H2,2-5H3,(H,26,32)(H,27,31). The number of unbranched alkanes of at least 4 members (excludes halogenated alkanes) is 1. The van der Waals surface area contributed by atoms with Gasteiger partial charge < -0.3 is 15.7 Å². The third kappa shape index (κ3) is 6.88. The summed E-state index contributed by atoms with van der Waals surface area (Å²) in [6, 6.07) is 3.45. The second-order valence-corrected chi connectivity index (χ2v) is 9.29. The van der Waals surface area contributed by atoms with Gasteiger partial charge in [-0.15, -0.1) is 6.58 Å². The van der Waals surface area contributed by atoms with E-state index in [1.165, 1.54) is 12.1 Å². The Morgan fingerprint density at radius 3 is 2.59 bits per heavy atom. The summed E-state index contributed by atoms with van der Waals surface area (Å²) in [5, 5.41) is 19.3. The fourth-order valence-corrected chi connectivity index (χ4v) is 3.45. The van der Waals surface area contributed by atoms with Crippen molar-refractivity contribution in [2.75, 3.05) is 13.2 Å². The number of carbonyl (C=O) groups is 2. The first kappa shape index (κ1) is 25.5. The molecule has 32 heavy (non-hydrogen) atoms. The maximum Gasteiger partial charge on any atom is 0.273 e. The van der Waals surface area contributed by atoms with E-state index < -0.39 is 23.2 Å². The van der Waals surface area contributed by atoms with Crippen LogP contribution in [0, 0.1) is 11.2 Å². The summed E-state index contributed by atoms with van der Waals surface area (Å²) in [6.45, 7) is 12.3. The highest BCUT2D eigenvalue weighted by molar-refractivity contribution is 6.06. The second kappa shape index (κ2) is 11.2. The molecule has 3 N–H and O–H groups in total. The Hall–Kier alpha value is -2.74. The van der Waals surface area contributed by atoms with E-state index in [9.17, 15) is 14.0 Å². The SMILES string of the molecule is C=C(C)CCCCn1nc(C(=O)NC(C(=O)NCCCO)C(C)(C)C)c2cc(F)ccc21. The number of nitrogens with zero attached hydrogens (tertiary/aromatic N) is 2. The number of hydrogen-bond acceptors (Lipinski definition) is 4. The minimum atomic E-state index is -0.821. The van der Waals surface area contributed by atoms with Gasteiger partial charge in [0.25, 0.3) is 5.91 Å². The molecule has 2 amide bonds. The van der Waals surface area contributed by atoms with Crippen molar-refractivity contribution in [2.24, 2.45) is 5.41 Å². The van der Waals surface area contributed by atoms with Gasteiger partial charge in [-0.2, -0.15) is 5.10 Å². The Labute approximate surface area is 189 Å². The number of benzene rings is 1. The fraction of sp³-hybridized carbons (Fsp3) is 0.542. The third-order valence-electron chi connectivity index (χ3n) is 5.19. The zero-order chi connectivity index (χ0) is 23.9. The second-order valence-electron chi connectivity index (χ2n) is 9.29. The first-order valence-electron chi connectivity index (χ1n) is 11.0. The number of nitrogens with one attached hydrogen (secondary N) is 2. The van der Waals surface area contributed by atoms with Gasteiger partial charge in [-0.25, -0.2) is 4.39 Å². The average Bonchev–Trinajstić information content (AvgIpc) is 3.06. The zero-order valence-corrected chi connectivity index (χ0v) is 19.5. The molecule has 0 aliphatic carbocycles. The van der Waals surface area contributed by atoms with E-state index in [4.69, 9.17) is 5.11 Å². The molecule has 0 radical (unpaired) electrons. The van der Waals surface area contributed by atoms with Crippen molar-refractivity contribution in [2.45, 2.75) is 66.0 Å². The van der Waals surface area contributed by atoms with Gasteiger partial charge in [0.2, 0.25) is 5.91 Å². The molecule has 2 rings (SSSR count). The van der Waals surface area contributed by atoms with Crippen LogP contribution in [0.3, 0.4) is 0 Å². The average molecular weight is 447 g/mol. The van der Waals surface area contributed by atoms with E-state index in [0.717, 1.165) is 24.8 Å². The number of aliphatic hydroxyl groups excluding tert-OH is 1. The van der Waals surface area contributed by atoms with Crippen LogP contribution in [-0.4, -0.2) is 45.9 Å². The van der Waals surface area contributed by atoms with Gasteiger partial charge in [-0.05, 0) is 56.2 Å². The molecular formula is C24H35FN4O3. The van der Waals surface area contributed by atoms with Crippen LogP contribution in [0.1, 0.15) is 63.9 Å². The number of carbonyl (C=O) groups excluding carboxylic acids is 2. The number of hydrogen-bond donors (Lipinski definition) is 3. The molecule has 8 heteroatoms. The Bertz CT molecular complexity index is 962. The summed E-state index contributed by atoms with van der Waals surface area (Å²) in [4.78, 5) is 25.8. The van der Waals surface area contributed by atoms with E-state index in [-0.39, 0.29) is 18.2 Å². The van der Waals surface area contributed by atoms with Crippen LogP contribution in [0.5, 0.6) is 0 Å². The van der Waals surface area contributed by atoms with E-state index in [1.807, 2.05) is 27.7 Å². The summed E-state index contributed by atoms with van der Waals surface area (Å²) >= 11 is 0. The molecule has 0 spiro atoms. The molecule has 0 aliphatic heterocycles. The highest BCUT2D eigenvalue weighted by Crippen LogP contribution is 2.23. The highest BCUT2D eigenvalue weighted by Gasteiger charge is 2.34. The van der Waals surface area contributed by atoms with Gasteiger partial charge in [-0.1, -0.05) is 26.3 Å². The van der Waals surface area contributed by atoms with Gasteiger partial charge in [0, 0.05) is 25.1 Å². The van der Waals surface area contributed by atoms with Crippen LogP contribution in [0.15, 0.2) is 30.4 Å². The van der Waals surface area contributed by atoms with Crippen LogP contribution < -0.4 is 10.6 Å². The largest absolute Gasteiger partial charge is 0.396 e. The van der Waals surface area contributed by atoms with E-state index >= 15 is 0 Å². The molecule has 7 nitrogen and oxygen atoms in total. The molecule has 0 saturated carbocycles. The number of rotatable bonds is 11. The van der Waals surface area contributed by atoms with E-state index in [0.29, 0.717) is 30.4 Å². The summed E-state index contributed by atoms with van der Waals surface area (Å²) in [6.07, 6.45) is 3.13. The molecule has 1 heterocycles. The lowest BCUT2D eigenvalue weighted by Crippen LogP contribution is -2.53. The van der Waals surface area contributed by atoms with Gasteiger partial charge in [0.15, 0.2) is 5.69 Å². The number of fused-ring (bicyclic) bond motifs is 1. The van der Waals surface area contributed by atoms with Crippen molar-refractivity contribution in [1.29, 1.82) is 0 Å². The van der Waals surface area contributed by atoms with Gasteiger partial charge in [0.05, 0.1) is 5.52 Å². The predicted molar refractivity (Wildman–Crippen MR) is 124 cm³/mol. The molecule has 1 unspecified atom stereocenters. The molecule has 0 fully saturated rings. The van der Waals surface area contributed by atoms with Crippen molar-refractivity contribution >= 4 is 22.7 Å². The summed E-state index contributed by atoms with van der Waals surface area (Å²) in [7, 11) is 0. The number of aryl methyl sites for hydroxylation is 1. The Morgan fingerprint density at radius 2 is 1.97 bits per heavy atom. The third-order valence-corrected chi connectivity index (χ3v) is 5.19. The lowest BCUT2D eigenvalue weighted by atomic mass is 9.86. The fourth-order valence-electron chi connectivity index (χ4n) is 3.45. The molecule has 1 aromatic heterocycles. The smallest absolute Gasteiger partial charge is 0.273 e. The molecule has 1 atom stereocenters. The quantitative estimate of drug-likeness (QED) is 0.363. The van der Waals surface area contributed by atoms with Crippen LogP contribution in [0.25, 0.3) is 10.9 Å². The first-order valence-corrected chi connectivity index (χ1v) is 11.0. The van der Waals surface area contributed by atoms with Crippen molar-refractivity contribution in [3.05, 3.63) is 41.9 Å². The highest BCUT2D eigenvalue weighted by atomic mass is 19.1. The monoisotopic (exact) mass is 446 g/mol. The summed E-state index contributed by atoms with van der Waals surface area (Å²) in [5.41, 5.74) is 1.32. The van der Waals surface area contributed by atoms with E-state index in [2.05, 4.69) is 22.3 Å². The molecule has 0 bridgehead atoms. The Balaban J connectivity index is 2.27. The lowest BCUT2D eigenvalue weighted by molar-refractivity contribution is -0.125.